The highest BCUT2D eigenvalue weighted by molar-refractivity contribution is 7.89. The van der Waals surface area contributed by atoms with E-state index in [0.717, 1.165) is 17.7 Å². The van der Waals surface area contributed by atoms with E-state index in [1.807, 2.05) is 0 Å². The zero-order valence-electron chi connectivity index (χ0n) is 10.4. The topological polar surface area (TPSA) is 89.3 Å². The first-order valence-electron chi connectivity index (χ1n) is 5.31. The maximum absolute atomic E-state index is 13.3. The molecule has 0 amide bonds. The van der Waals surface area contributed by atoms with Crippen LogP contribution in [0.1, 0.15) is 13.8 Å². The number of allylic oxidation sites excluding steroid dienone is 1. The third-order valence-electron chi connectivity index (χ3n) is 2.21. The summed E-state index contributed by atoms with van der Waals surface area (Å²) in [6.45, 7) is 3.68. The van der Waals surface area contributed by atoms with Crippen LogP contribution in [0.2, 0.25) is 0 Å². The third-order valence-corrected chi connectivity index (χ3v) is 3.63. The molecule has 1 aromatic carbocycles. The van der Waals surface area contributed by atoms with E-state index in [0.29, 0.717) is 6.07 Å². The molecule has 1 aromatic rings. The van der Waals surface area contributed by atoms with Crippen molar-refractivity contribution in [2.45, 2.75) is 18.7 Å². The van der Waals surface area contributed by atoms with E-state index in [-0.39, 0.29) is 11.4 Å². The van der Waals surface area contributed by atoms with Crippen LogP contribution >= 0.6 is 0 Å². The molecule has 0 saturated carbocycles. The second-order valence-corrected chi connectivity index (χ2v) is 5.77. The van der Waals surface area contributed by atoms with Crippen LogP contribution in [0.25, 0.3) is 0 Å². The van der Waals surface area contributed by atoms with Crippen molar-refractivity contribution in [2.75, 3.05) is 6.54 Å². The van der Waals surface area contributed by atoms with E-state index in [9.17, 15) is 22.9 Å². The molecule has 0 aliphatic carbocycles. The number of nitro benzene ring substituents is 1. The third kappa shape index (κ3) is 4.11. The maximum Gasteiger partial charge on any atom is 0.304 e. The summed E-state index contributed by atoms with van der Waals surface area (Å²) in [6, 6.07) is 2.44. The van der Waals surface area contributed by atoms with Gasteiger partial charge in [0.1, 0.15) is 0 Å². The van der Waals surface area contributed by atoms with Crippen LogP contribution in [0.4, 0.5) is 10.1 Å². The molecule has 104 valence electrons. The monoisotopic (exact) mass is 288 g/mol. The lowest BCUT2D eigenvalue weighted by Gasteiger charge is -2.05. The molecule has 8 heteroatoms. The summed E-state index contributed by atoms with van der Waals surface area (Å²) in [4.78, 5) is 9.16. The normalized spacial score (nSPS) is 11.1. The van der Waals surface area contributed by atoms with Crippen LogP contribution in [0.3, 0.4) is 0 Å². The Morgan fingerprint density at radius 1 is 1.47 bits per heavy atom. The molecule has 0 unspecified atom stereocenters. The number of nitrogens with one attached hydrogen (secondary N) is 1. The van der Waals surface area contributed by atoms with Crippen LogP contribution in [-0.4, -0.2) is 19.9 Å². The Morgan fingerprint density at radius 2 is 2.11 bits per heavy atom. The molecule has 0 saturated heterocycles. The summed E-state index contributed by atoms with van der Waals surface area (Å²) >= 11 is 0. The van der Waals surface area contributed by atoms with Gasteiger partial charge < -0.3 is 0 Å². The van der Waals surface area contributed by atoms with E-state index >= 15 is 0 Å². The Morgan fingerprint density at radius 3 is 2.58 bits per heavy atom. The number of hydrogen-bond acceptors (Lipinski definition) is 4. The number of nitrogens with zero attached hydrogens (tertiary/aromatic N) is 1. The summed E-state index contributed by atoms with van der Waals surface area (Å²) in [5, 5.41) is 10.4. The van der Waals surface area contributed by atoms with Crippen molar-refractivity contribution in [1.29, 1.82) is 0 Å². The molecule has 0 fully saturated rings. The fraction of sp³-hybridized carbons (Fsp3) is 0.273. The van der Waals surface area contributed by atoms with Gasteiger partial charge in [0.25, 0.3) is 0 Å². The highest BCUT2D eigenvalue weighted by Gasteiger charge is 2.19. The van der Waals surface area contributed by atoms with Crippen molar-refractivity contribution in [1.82, 2.24) is 4.72 Å². The lowest BCUT2D eigenvalue weighted by atomic mass is 10.3. The summed E-state index contributed by atoms with van der Waals surface area (Å²) in [5.41, 5.74) is 0.167. The molecular weight excluding hydrogens is 275 g/mol. The van der Waals surface area contributed by atoms with Crippen LogP contribution in [-0.2, 0) is 10.0 Å². The lowest BCUT2D eigenvalue weighted by Crippen LogP contribution is -2.24. The average molecular weight is 288 g/mol. The molecule has 19 heavy (non-hydrogen) atoms. The predicted octanol–water partition coefficient (Wildman–Crippen LogP) is 1.98. The van der Waals surface area contributed by atoms with E-state index in [4.69, 9.17) is 0 Å². The fourth-order valence-corrected chi connectivity index (χ4v) is 2.22. The van der Waals surface area contributed by atoms with Gasteiger partial charge in [0.05, 0.1) is 9.82 Å². The Bertz CT molecular complexity index is 622. The summed E-state index contributed by atoms with van der Waals surface area (Å²) in [7, 11) is -3.88. The van der Waals surface area contributed by atoms with Crippen molar-refractivity contribution in [3.63, 3.8) is 0 Å². The number of nitro groups is 1. The first-order valence-corrected chi connectivity index (χ1v) is 6.79. The van der Waals surface area contributed by atoms with E-state index < -0.39 is 26.5 Å². The summed E-state index contributed by atoms with van der Waals surface area (Å²) < 4.78 is 39.1. The van der Waals surface area contributed by atoms with Crippen LogP contribution in [0.15, 0.2) is 34.7 Å². The van der Waals surface area contributed by atoms with Gasteiger partial charge in [-0.25, -0.2) is 13.1 Å². The minimum Gasteiger partial charge on any atom is -0.258 e. The van der Waals surface area contributed by atoms with E-state index in [1.54, 1.807) is 19.9 Å². The Balaban J connectivity index is 3.00. The van der Waals surface area contributed by atoms with Crippen LogP contribution in [0.5, 0.6) is 0 Å². The molecule has 0 aliphatic heterocycles. The summed E-state index contributed by atoms with van der Waals surface area (Å²) in [6.07, 6.45) is 1.65. The second kappa shape index (κ2) is 5.89. The van der Waals surface area contributed by atoms with E-state index in [2.05, 4.69) is 4.72 Å². The van der Waals surface area contributed by atoms with Gasteiger partial charge in [0.15, 0.2) is 0 Å². The Hall–Kier alpha value is -1.80. The van der Waals surface area contributed by atoms with Gasteiger partial charge in [-0.3, -0.25) is 10.1 Å². The van der Waals surface area contributed by atoms with E-state index in [1.165, 1.54) is 0 Å². The molecular formula is C11H13FN2O4S. The van der Waals surface area contributed by atoms with Crippen molar-refractivity contribution in [3.05, 3.63) is 45.8 Å². The molecule has 0 heterocycles. The van der Waals surface area contributed by atoms with Crippen molar-refractivity contribution >= 4 is 15.7 Å². The van der Waals surface area contributed by atoms with Gasteiger partial charge in [-0.2, -0.15) is 4.39 Å². The smallest absolute Gasteiger partial charge is 0.258 e. The lowest BCUT2D eigenvalue weighted by molar-refractivity contribution is -0.387. The van der Waals surface area contributed by atoms with Crippen LogP contribution in [0, 0.1) is 15.9 Å². The molecule has 0 spiro atoms. The van der Waals surface area contributed by atoms with Crippen molar-refractivity contribution < 1.29 is 17.7 Å². The van der Waals surface area contributed by atoms with Crippen LogP contribution < -0.4 is 4.72 Å². The van der Waals surface area contributed by atoms with Crippen molar-refractivity contribution in [2.24, 2.45) is 0 Å². The SMILES string of the molecule is CC(C)=CCNS(=O)(=O)c1ccc([N+](=O)[O-])c(F)c1. The van der Waals surface area contributed by atoms with Gasteiger partial charge in [0, 0.05) is 18.7 Å². The van der Waals surface area contributed by atoms with Gasteiger partial charge in [0.2, 0.25) is 15.8 Å². The predicted molar refractivity (Wildman–Crippen MR) is 67.7 cm³/mol. The highest BCUT2D eigenvalue weighted by Crippen LogP contribution is 2.20. The molecule has 0 bridgehead atoms. The Labute approximate surface area is 110 Å². The molecule has 0 aliphatic rings. The number of rotatable bonds is 5. The zero-order valence-corrected chi connectivity index (χ0v) is 11.2. The number of benzene rings is 1. The average Bonchev–Trinajstić information content (AvgIpc) is 2.27. The number of hydrogen-bond donors (Lipinski definition) is 1. The largest absolute Gasteiger partial charge is 0.304 e. The fourth-order valence-electron chi connectivity index (χ4n) is 1.24. The minimum absolute atomic E-state index is 0.0727. The second-order valence-electron chi connectivity index (χ2n) is 4.00. The molecule has 0 aromatic heterocycles. The first-order chi connectivity index (χ1) is 8.74. The van der Waals surface area contributed by atoms with Gasteiger partial charge in [-0.15, -0.1) is 0 Å². The molecule has 6 nitrogen and oxygen atoms in total. The minimum atomic E-state index is -3.88. The van der Waals surface area contributed by atoms with Gasteiger partial charge in [-0.05, 0) is 19.9 Å². The zero-order chi connectivity index (χ0) is 14.6. The molecule has 1 rings (SSSR count). The standard InChI is InChI=1S/C11H13FN2O4S/c1-8(2)5-6-13-19(17,18)9-3-4-11(14(15)16)10(12)7-9/h3-5,7,13H,6H2,1-2H3. The number of halogens is 1. The van der Waals surface area contributed by atoms with Gasteiger partial charge >= 0.3 is 5.69 Å². The molecule has 0 atom stereocenters. The first kappa shape index (κ1) is 15.3. The quantitative estimate of drug-likeness (QED) is 0.509. The number of sulfonamides is 1. The van der Waals surface area contributed by atoms with Crippen molar-refractivity contribution in [3.8, 4) is 0 Å². The molecule has 1 N–H and O–H groups in total. The highest BCUT2D eigenvalue weighted by atomic mass is 32.2. The Kier molecular flexibility index (Phi) is 4.73. The maximum atomic E-state index is 13.3. The molecule has 0 radical (unpaired) electrons. The van der Waals surface area contributed by atoms with Gasteiger partial charge in [-0.1, -0.05) is 11.6 Å². The summed E-state index contributed by atoms with van der Waals surface area (Å²) in [5.74, 6) is -1.19.